The molecule has 0 unspecified atom stereocenters. The third kappa shape index (κ3) is 3.86. The molecule has 168 valence electrons. The number of allylic oxidation sites excluding steroid dienone is 1. The molecule has 2 saturated carbocycles. The van der Waals surface area contributed by atoms with E-state index in [4.69, 9.17) is 9.47 Å². The van der Waals surface area contributed by atoms with Crippen LogP contribution in [0.4, 0.5) is 5.69 Å². The highest BCUT2D eigenvalue weighted by Gasteiger charge is 2.56. The quantitative estimate of drug-likeness (QED) is 0.595. The third-order valence-corrected chi connectivity index (χ3v) is 8.72. The van der Waals surface area contributed by atoms with Crippen LogP contribution < -0.4 is 14.5 Å². The molecule has 5 atom stereocenters. The Balaban J connectivity index is 1.22. The summed E-state index contributed by atoms with van der Waals surface area (Å²) in [4.78, 5) is 16.8. The van der Waals surface area contributed by atoms with Gasteiger partial charge in [0.25, 0.3) is 0 Å². The average molecular weight is 426 g/mol. The summed E-state index contributed by atoms with van der Waals surface area (Å²) in [5, 5.41) is 0. The van der Waals surface area contributed by atoms with Gasteiger partial charge in [-0.15, -0.1) is 0 Å². The summed E-state index contributed by atoms with van der Waals surface area (Å²) in [5.74, 6) is 1.97. The van der Waals surface area contributed by atoms with Crippen molar-refractivity contribution in [2.75, 3.05) is 44.7 Å². The summed E-state index contributed by atoms with van der Waals surface area (Å²) in [5.41, 5.74) is 2.92. The number of carbonyl (C=O) groups is 1. The highest BCUT2D eigenvalue weighted by atomic mass is 16.6. The summed E-state index contributed by atoms with van der Waals surface area (Å²) < 4.78 is 11.4. The van der Waals surface area contributed by atoms with Gasteiger partial charge in [0.05, 0.1) is 39.8 Å². The van der Waals surface area contributed by atoms with Crippen LogP contribution in [0.3, 0.4) is 0 Å². The topological polar surface area (TPSA) is 43.2 Å². The van der Waals surface area contributed by atoms with Crippen molar-refractivity contribution in [2.24, 2.45) is 23.2 Å². The van der Waals surface area contributed by atoms with Gasteiger partial charge < -0.3 is 19.3 Å². The molecule has 5 heteroatoms. The van der Waals surface area contributed by atoms with Crippen LogP contribution in [0.25, 0.3) is 0 Å². The highest BCUT2D eigenvalue weighted by molar-refractivity contribution is 5.75. The fraction of sp³-hybridized carbons (Fsp3) is 0.654. The molecular weight excluding hydrogens is 388 g/mol. The van der Waals surface area contributed by atoms with Crippen LogP contribution in [0.2, 0.25) is 0 Å². The maximum Gasteiger partial charge on any atom is 0.315 e. The van der Waals surface area contributed by atoms with Crippen molar-refractivity contribution in [3.05, 3.63) is 36.4 Å². The average Bonchev–Trinajstić information content (AvgIpc) is 3.06. The van der Waals surface area contributed by atoms with Gasteiger partial charge in [0.2, 0.25) is 0 Å². The standard InChI is InChI=1S/C26H36N2O3/c1-18-6-5-9-26(2)16-24-21(15-23(18)26)22(25(29)31-24)17-27-10-12-28(13-11-27)19-7-4-8-20(14-19)30-3/h4,7-8,14,21-24H,1,5-6,9-13,15-17H2,2-3H3/p+1/t21-,22-,23+,24+,26-/m0/s1. The molecule has 0 spiro atoms. The lowest BCUT2D eigenvalue weighted by Gasteiger charge is -2.50. The molecule has 1 aromatic rings. The molecule has 1 aromatic carbocycles. The van der Waals surface area contributed by atoms with Crippen LogP contribution in [0.1, 0.15) is 39.0 Å². The van der Waals surface area contributed by atoms with Gasteiger partial charge in [0.15, 0.2) is 0 Å². The lowest BCUT2D eigenvalue weighted by molar-refractivity contribution is -0.903. The molecule has 0 bridgehead atoms. The molecule has 0 radical (unpaired) electrons. The lowest BCUT2D eigenvalue weighted by atomic mass is 9.55. The molecule has 5 nitrogen and oxygen atoms in total. The van der Waals surface area contributed by atoms with E-state index in [1.165, 1.54) is 29.0 Å². The number of carbonyl (C=O) groups excluding carboxylic acids is 1. The molecule has 5 rings (SSSR count). The van der Waals surface area contributed by atoms with Gasteiger partial charge in [-0.05, 0) is 55.6 Å². The number of nitrogens with zero attached hydrogens (tertiary/aromatic N) is 1. The Morgan fingerprint density at radius 3 is 2.90 bits per heavy atom. The first-order valence-corrected chi connectivity index (χ1v) is 12.1. The number of ether oxygens (including phenoxy) is 2. The fourth-order valence-corrected chi connectivity index (χ4v) is 6.89. The molecule has 0 aromatic heterocycles. The Labute approximate surface area is 186 Å². The van der Waals surface area contributed by atoms with Crippen molar-refractivity contribution in [1.82, 2.24) is 0 Å². The summed E-state index contributed by atoms with van der Waals surface area (Å²) in [6.07, 6.45) is 5.90. The van der Waals surface area contributed by atoms with Crippen LogP contribution in [0, 0.1) is 23.2 Å². The molecule has 1 N–H and O–H groups in total. The first-order valence-electron chi connectivity index (χ1n) is 12.1. The predicted molar refractivity (Wildman–Crippen MR) is 121 cm³/mol. The third-order valence-electron chi connectivity index (χ3n) is 8.72. The van der Waals surface area contributed by atoms with Gasteiger partial charge in [-0.1, -0.05) is 25.1 Å². The lowest BCUT2D eigenvalue weighted by Crippen LogP contribution is -3.15. The number of hydrogen-bond donors (Lipinski definition) is 1. The van der Waals surface area contributed by atoms with E-state index in [1.807, 2.05) is 6.07 Å². The Morgan fingerprint density at radius 2 is 2.13 bits per heavy atom. The Morgan fingerprint density at radius 1 is 1.32 bits per heavy atom. The largest absolute Gasteiger partial charge is 0.497 e. The smallest absolute Gasteiger partial charge is 0.315 e. The molecule has 2 aliphatic carbocycles. The molecule has 31 heavy (non-hydrogen) atoms. The van der Waals surface area contributed by atoms with Crippen molar-refractivity contribution in [2.45, 2.75) is 45.1 Å². The molecule has 4 aliphatic rings. The van der Waals surface area contributed by atoms with E-state index in [0.29, 0.717) is 11.8 Å². The first-order chi connectivity index (χ1) is 15.0. The number of benzene rings is 1. The molecule has 2 heterocycles. The van der Waals surface area contributed by atoms with Crippen LogP contribution in [0.5, 0.6) is 5.75 Å². The number of rotatable bonds is 4. The fourth-order valence-electron chi connectivity index (χ4n) is 6.89. The number of hydrogen-bond acceptors (Lipinski definition) is 4. The number of methoxy groups -OCH3 is 1. The van der Waals surface area contributed by atoms with Crippen LogP contribution in [0.15, 0.2) is 36.4 Å². The summed E-state index contributed by atoms with van der Waals surface area (Å²) in [6.45, 7) is 11.9. The van der Waals surface area contributed by atoms with Gasteiger partial charge in [-0.25, -0.2) is 0 Å². The molecule has 2 saturated heterocycles. The summed E-state index contributed by atoms with van der Waals surface area (Å²) >= 11 is 0. The zero-order valence-electron chi connectivity index (χ0n) is 19.1. The van der Waals surface area contributed by atoms with Crippen molar-refractivity contribution in [1.29, 1.82) is 0 Å². The minimum Gasteiger partial charge on any atom is -0.497 e. The molecule has 0 amide bonds. The van der Waals surface area contributed by atoms with Crippen molar-refractivity contribution < 1.29 is 19.2 Å². The number of nitrogens with one attached hydrogen (secondary N) is 1. The SMILES string of the molecule is C=C1CCC[C@@]2(C)C[C@H]3OC(=O)[C@@H](C[NH+]4CCN(c5cccc(OC)c5)CC4)[C@@H]3C[C@H]12. The Bertz CT molecular complexity index is 847. The molecule has 2 aliphatic heterocycles. The number of piperazine rings is 1. The van der Waals surface area contributed by atoms with Gasteiger partial charge in [0.1, 0.15) is 17.8 Å². The second-order valence-electron chi connectivity index (χ2n) is 10.5. The van der Waals surface area contributed by atoms with Crippen molar-refractivity contribution in [3.8, 4) is 5.75 Å². The van der Waals surface area contributed by atoms with Gasteiger partial charge in [-0.3, -0.25) is 4.79 Å². The van der Waals surface area contributed by atoms with Crippen molar-refractivity contribution in [3.63, 3.8) is 0 Å². The predicted octanol–water partition coefficient (Wildman–Crippen LogP) is 2.71. The maximum atomic E-state index is 12.9. The van der Waals surface area contributed by atoms with Crippen LogP contribution in [-0.4, -0.2) is 51.9 Å². The Kier molecular flexibility index (Phi) is 5.49. The van der Waals surface area contributed by atoms with Gasteiger partial charge in [0, 0.05) is 17.7 Å². The molecular formula is C26H37N2O3+. The minimum atomic E-state index is 0.0580. The van der Waals surface area contributed by atoms with Crippen molar-refractivity contribution >= 4 is 11.7 Å². The summed E-state index contributed by atoms with van der Waals surface area (Å²) in [7, 11) is 1.71. The van der Waals surface area contributed by atoms with Crippen LogP contribution in [-0.2, 0) is 9.53 Å². The normalized spacial score (nSPS) is 36.0. The minimum absolute atomic E-state index is 0.0580. The van der Waals surface area contributed by atoms with E-state index in [1.54, 1.807) is 7.11 Å². The van der Waals surface area contributed by atoms with E-state index >= 15 is 0 Å². The molecule has 4 fully saturated rings. The number of esters is 1. The van der Waals surface area contributed by atoms with E-state index < -0.39 is 0 Å². The van der Waals surface area contributed by atoms with E-state index in [2.05, 4.69) is 36.6 Å². The van der Waals surface area contributed by atoms with Gasteiger partial charge >= 0.3 is 5.97 Å². The van der Waals surface area contributed by atoms with E-state index in [9.17, 15) is 4.79 Å². The Hall–Kier alpha value is -2.01. The maximum absolute atomic E-state index is 12.9. The highest BCUT2D eigenvalue weighted by Crippen LogP contribution is 2.56. The number of quaternary nitrogens is 1. The van der Waals surface area contributed by atoms with E-state index in [0.717, 1.165) is 57.7 Å². The van der Waals surface area contributed by atoms with E-state index in [-0.39, 0.29) is 23.4 Å². The number of fused-ring (bicyclic) bond motifs is 2. The number of anilines is 1. The zero-order valence-corrected chi connectivity index (χ0v) is 19.1. The zero-order chi connectivity index (χ0) is 21.6. The first kappa shape index (κ1) is 20.9. The second kappa shape index (κ2) is 8.16. The second-order valence-corrected chi connectivity index (χ2v) is 10.5. The van der Waals surface area contributed by atoms with Gasteiger partial charge in [-0.2, -0.15) is 0 Å². The van der Waals surface area contributed by atoms with Crippen LogP contribution >= 0.6 is 0 Å². The monoisotopic (exact) mass is 425 g/mol. The summed E-state index contributed by atoms with van der Waals surface area (Å²) in [6, 6.07) is 8.31.